The SMILES string of the molecule is CCNC(=NCCCN1CCCN(C)CC1)NCCSC. The highest BCUT2D eigenvalue weighted by Gasteiger charge is 2.10. The van der Waals surface area contributed by atoms with Crippen molar-refractivity contribution in [3.8, 4) is 0 Å². The summed E-state index contributed by atoms with van der Waals surface area (Å²) in [5.74, 6) is 2.08. The molecule has 0 saturated carbocycles. The van der Waals surface area contributed by atoms with Crippen molar-refractivity contribution in [2.45, 2.75) is 19.8 Å². The molecule has 0 unspecified atom stereocenters. The summed E-state index contributed by atoms with van der Waals surface area (Å²) in [6.45, 7) is 10.9. The zero-order valence-corrected chi connectivity index (χ0v) is 14.8. The first-order chi connectivity index (χ1) is 10.3. The van der Waals surface area contributed by atoms with Gasteiger partial charge in [0.1, 0.15) is 0 Å². The molecule has 0 aliphatic carbocycles. The second-order valence-electron chi connectivity index (χ2n) is 5.53. The Labute approximate surface area is 134 Å². The molecule has 0 aromatic rings. The number of guanidine groups is 1. The van der Waals surface area contributed by atoms with Gasteiger partial charge in [-0.05, 0) is 52.7 Å². The van der Waals surface area contributed by atoms with Gasteiger partial charge >= 0.3 is 0 Å². The third-order valence-corrected chi connectivity index (χ3v) is 4.27. The van der Waals surface area contributed by atoms with E-state index in [1.807, 2.05) is 11.8 Å². The van der Waals surface area contributed by atoms with Crippen molar-refractivity contribution >= 4 is 17.7 Å². The first-order valence-corrected chi connectivity index (χ1v) is 9.57. The van der Waals surface area contributed by atoms with Crippen LogP contribution in [-0.4, -0.2) is 87.2 Å². The van der Waals surface area contributed by atoms with Crippen molar-refractivity contribution in [1.29, 1.82) is 0 Å². The molecule has 0 aromatic heterocycles. The summed E-state index contributed by atoms with van der Waals surface area (Å²) < 4.78 is 0. The Morgan fingerprint density at radius 1 is 1.19 bits per heavy atom. The van der Waals surface area contributed by atoms with E-state index >= 15 is 0 Å². The van der Waals surface area contributed by atoms with Crippen molar-refractivity contribution in [3.05, 3.63) is 0 Å². The molecule has 0 bridgehead atoms. The predicted molar refractivity (Wildman–Crippen MR) is 95.5 cm³/mol. The molecule has 1 fully saturated rings. The molecule has 1 aliphatic heterocycles. The lowest BCUT2D eigenvalue weighted by Gasteiger charge is -2.19. The first kappa shape index (κ1) is 18.6. The van der Waals surface area contributed by atoms with E-state index in [-0.39, 0.29) is 0 Å². The van der Waals surface area contributed by atoms with Crippen molar-refractivity contribution in [2.75, 3.05) is 71.4 Å². The predicted octanol–water partition coefficient (Wildman–Crippen LogP) is 0.932. The van der Waals surface area contributed by atoms with Crippen molar-refractivity contribution in [2.24, 2.45) is 4.99 Å². The number of rotatable bonds is 8. The Balaban J connectivity index is 2.20. The Morgan fingerprint density at radius 2 is 2.05 bits per heavy atom. The fraction of sp³-hybridized carbons (Fsp3) is 0.933. The smallest absolute Gasteiger partial charge is 0.191 e. The van der Waals surface area contributed by atoms with Gasteiger partial charge in [-0.25, -0.2) is 0 Å². The summed E-state index contributed by atoms with van der Waals surface area (Å²) in [7, 11) is 2.22. The Morgan fingerprint density at radius 3 is 2.81 bits per heavy atom. The van der Waals surface area contributed by atoms with Crippen molar-refractivity contribution in [3.63, 3.8) is 0 Å². The fourth-order valence-electron chi connectivity index (χ4n) is 2.42. The molecule has 1 heterocycles. The van der Waals surface area contributed by atoms with Crippen LogP contribution < -0.4 is 10.6 Å². The van der Waals surface area contributed by atoms with Crippen LogP contribution in [0, 0.1) is 0 Å². The molecule has 1 rings (SSSR count). The molecule has 1 saturated heterocycles. The lowest BCUT2D eigenvalue weighted by atomic mass is 10.3. The molecule has 0 spiro atoms. The summed E-state index contributed by atoms with van der Waals surface area (Å²) in [5.41, 5.74) is 0. The van der Waals surface area contributed by atoms with Crippen LogP contribution in [-0.2, 0) is 0 Å². The summed E-state index contributed by atoms with van der Waals surface area (Å²) in [6, 6.07) is 0. The van der Waals surface area contributed by atoms with Crippen LogP contribution in [0.4, 0.5) is 0 Å². The fourth-order valence-corrected chi connectivity index (χ4v) is 2.73. The van der Waals surface area contributed by atoms with Crippen LogP contribution in [0.25, 0.3) is 0 Å². The summed E-state index contributed by atoms with van der Waals surface area (Å²) in [6.07, 6.45) is 4.56. The summed E-state index contributed by atoms with van der Waals surface area (Å²) in [5, 5.41) is 6.68. The van der Waals surface area contributed by atoms with E-state index in [2.05, 4.69) is 45.7 Å². The number of likely N-dealkylation sites (N-methyl/N-ethyl adjacent to an activating group) is 1. The van der Waals surface area contributed by atoms with Gasteiger partial charge in [0.15, 0.2) is 5.96 Å². The molecule has 0 aromatic carbocycles. The molecule has 0 amide bonds. The molecule has 0 radical (unpaired) electrons. The second-order valence-corrected chi connectivity index (χ2v) is 6.52. The molecule has 1 aliphatic rings. The van der Waals surface area contributed by atoms with Crippen LogP contribution in [0.2, 0.25) is 0 Å². The van der Waals surface area contributed by atoms with Crippen LogP contribution in [0.15, 0.2) is 4.99 Å². The third kappa shape index (κ3) is 9.22. The quantitative estimate of drug-likeness (QED) is 0.396. The van der Waals surface area contributed by atoms with Gasteiger partial charge in [0.25, 0.3) is 0 Å². The van der Waals surface area contributed by atoms with Crippen LogP contribution in [0.1, 0.15) is 19.8 Å². The normalized spacial score (nSPS) is 18.5. The lowest BCUT2D eigenvalue weighted by Crippen LogP contribution is -2.38. The average Bonchev–Trinajstić information content (AvgIpc) is 2.68. The Bertz CT molecular complexity index is 285. The van der Waals surface area contributed by atoms with Crippen molar-refractivity contribution in [1.82, 2.24) is 20.4 Å². The number of thioether (sulfide) groups is 1. The monoisotopic (exact) mass is 315 g/mol. The van der Waals surface area contributed by atoms with Crippen LogP contribution in [0.3, 0.4) is 0 Å². The minimum Gasteiger partial charge on any atom is -0.357 e. The number of hydrogen-bond donors (Lipinski definition) is 2. The maximum Gasteiger partial charge on any atom is 0.191 e. The van der Waals surface area contributed by atoms with Crippen LogP contribution >= 0.6 is 11.8 Å². The van der Waals surface area contributed by atoms with Crippen LogP contribution in [0.5, 0.6) is 0 Å². The van der Waals surface area contributed by atoms with E-state index < -0.39 is 0 Å². The Kier molecular flexibility index (Phi) is 10.7. The topological polar surface area (TPSA) is 42.9 Å². The maximum atomic E-state index is 4.66. The van der Waals surface area contributed by atoms with Gasteiger partial charge in [-0.2, -0.15) is 11.8 Å². The average molecular weight is 316 g/mol. The number of aliphatic imine (C=N–C) groups is 1. The largest absolute Gasteiger partial charge is 0.357 e. The zero-order chi connectivity index (χ0) is 15.3. The lowest BCUT2D eigenvalue weighted by molar-refractivity contribution is 0.275. The highest BCUT2D eigenvalue weighted by Crippen LogP contribution is 2.01. The van der Waals surface area contributed by atoms with Gasteiger partial charge < -0.3 is 20.4 Å². The zero-order valence-electron chi connectivity index (χ0n) is 14.0. The molecular weight excluding hydrogens is 282 g/mol. The van der Waals surface area contributed by atoms with Gasteiger partial charge in [0.05, 0.1) is 0 Å². The highest BCUT2D eigenvalue weighted by atomic mass is 32.2. The van der Waals surface area contributed by atoms with Crippen molar-refractivity contribution < 1.29 is 0 Å². The van der Waals surface area contributed by atoms with E-state index in [4.69, 9.17) is 0 Å². The summed E-state index contributed by atoms with van der Waals surface area (Å²) >= 11 is 1.86. The van der Waals surface area contributed by atoms with E-state index in [0.717, 1.165) is 37.8 Å². The van der Waals surface area contributed by atoms with E-state index in [1.165, 1.54) is 39.1 Å². The van der Waals surface area contributed by atoms with Gasteiger partial charge in [0, 0.05) is 38.5 Å². The molecule has 124 valence electrons. The van der Waals surface area contributed by atoms with E-state index in [0.29, 0.717) is 0 Å². The minimum absolute atomic E-state index is 0.904. The molecule has 21 heavy (non-hydrogen) atoms. The maximum absolute atomic E-state index is 4.66. The number of nitrogens with zero attached hydrogens (tertiary/aromatic N) is 3. The number of hydrogen-bond acceptors (Lipinski definition) is 4. The van der Waals surface area contributed by atoms with Gasteiger partial charge in [-0.3, -0.25) is 4.99 Å². The first-order valence-electron chi connectivity index (χ1n) is 8.18. The van der Waals surface area contributed by atoms with E-state index in [9.17, 15) is 0 Å². The molecule has 5 nitrogen and oxygen atoms in total. The third-order valence-electron chi connectivity index (χ3n) is 3.66. The Hall–Kier alpha value is -0.460. The molecular formula is C15H33N5S. The molecule has 0 atom stereocenters. The standard InChI is InChI=1S/C15H33N5S/c1-4-16-15(18-8-14-21-3)17-7-5-10-20-11-6-9-19(2)12-13-20/h4-14H2,1-3H3,(H2,16,17,18). The van der Waals surface area contributed by atoms with E-state index in [1.54, 1.807) is 0 Å². The second kappa shape index (κ2) is 12.1. The minimum atomic E-state index is 0.904. The van der Waals surface area contributed by atoms with Gasteiger partial charge in [-0.15, -0.1) is 0 Å². The molecule has 6 heteroatoms. The number of nitrogens with one attached hydrogen (secondary N) is 2. The molecule has 2 N–H and O–H groups in total. The summed E-state index contributed by atoms with van der Waals surface area (Å²) in [4.78, 5) is 9.66. The van der Waals surface area contributed by atoms with Gasteiger partial charge in [0.2, 0.25) is 0 Å². The van der Waals surface area contributed by atoms with Gasteiger partial charge in [-0.1, -0.05) is 0 Å². The highest BCUT2D eigenvalue weighted by molar-refractivity contribution is 7.98.